The van der Waals surface area contributed by atoms with Gasteiger partial charge in [0.1, 0.15) is 5.75 Å². The second kappa shape index (κ2) is 7.06. The molecule has 0 saturated heterocycles. The fourth-order valence-corrected chi connectivity index (χ4v) is 2.92. The lowest BCUT2D eigenvalue weighted by Crippen LogP contribution is -2.36. The van der Waals surface area contributed by atoms with Gasteiger partial charge in [-0.05, 0) is 31.5 Å². The quantitative estimate of drug-likeness (QED) is 0.799. The SMILES string of the molecule is CCN(C(=O)CS(=O)(=O)CCC#N)c1cccc(C)c1. The first-order valence-electron chi connectivity index (χ1n) is 6.34. The molecule has 0 heterocycles. The van der Waals surface area contributed by atoms with Gasteiger partial charge in [-0.15, -0.1) is 0 Å². The Balaban J connectivity index is 2.86. The van der Waals surface area contributed by atoms with E-state index in [4.69, 9.17) is 5.26 Å². The molecule has 0 fully saturated rings. The van der Waals surface area contributed by atoms with Crippen LogP contribution >= 0.6 is 0 Å². The van der Waals surface area contributed by atoms with Gasteiger partial charge in [0.25, 0.3) is 0 Å². The summed E-state index contributed by atoms with van der Waals surface area (Å²) in [6.07, 6.45) is -0.0911. The molecule has 0 spiro atoms. The summed E-state index contributed by atoms with van der Waals surface area (Å²) >= 11 is 0. The van der Waals surface area contributed by atoms with Crippen molar-refractivity contribution in [1.29, 1.82) is 5.26 Å². The molecule has 0 aliphatic heterocycles. The van der Waals surface area contributed by atoms with E-state index in [2.05, 4.69) is 0 Å². The molecule has 0 aromatic heterocycles. The highest BCUT2D eigenvalue weighted by Gasteiger charge is 2.21. The molecule has 5 nitrogen and oxygen atoms in total. The summed E-state index contributed by atoms with van der Waals surface area (Å²) in [5.41, 5.74) is 1.69. The van der Waals surface area contributed by atoms with Crippen molar-refractivity contribution in [2.75, 3.05) is 23.0 Å². The van der Waals surface area contributed by atoms with E-state index in [1.165, 1.54) is 4.90 Å². The third-order valence-corrected chi connectivity index (χ3v) is 4.31. The van der Waals surface area contributed by atoms with Crippen molar-refractivity contribution in [3.63, 3.8) is 0 Å². The van der Waals surface area contributed by atoms with Crippen LogP contribution in [0.1, 0.15) is 18.9 Å². The van der Waals surface area contributed by atoms with Crippen LogP contribution in [-0.2, 0) is 14.6 Å². The molecule has 1 aromatic rings. The van der Waals surface area contributed by atoms with Gasteiger partial charge in [-0.3, -0.25) is 4.79 Å². The lowest BCUT2D eigenvalue weighted by atomic mass is 10.2. The van der Waals surface area contributed by atoms with E-state index in [9.17, 15) is 13.2 Å². The van der Waals surface area contributed by atoms with Crippen LogP contribution in [0.5, 0.6) is 0 Å². The number of hydrogen-bond donors (Lipinski definition) is 0. The number of nitrogens with zero attached hydrogens (tertiary/aromatic N) is 2. The molecule has 0 saturated carbocycles. The number of carbonyl (C=O) groups is 1. The van der Waals surface area contributed by atoms with Crippen LogP contribution in [0, 0.1) is 18.3 Å². The standard InChI is InChI=1S/C14H18N2O3S/c1-3-16(13-7-4-6-12(2)10-13)14(17)11-20(18,19)9-5-8-15/h4,6-7,10H,3,5,9,11H2,1-2H3. The maximum atomic E-state index is 12.1. The number of anilines is 1. The van der Waals surface area contributed by atoms with Crippen LogP contribution in [-0.4, -0.2) is 32.4 Å². The third-order valence-electron chi connectivity index (χ3n) is 2.80. The molecule has 6 heteroatoms. The molecule has 0 N–H and O–H groups in total. The number of benzene rings is 1. The van der Waals surface area contributed by atoms with E-state index in [-0.39, 0.29) is 12.2 Å². The van der Waals surface area contributed by atoms with E-state index in [0.717, 1.165) is 5.56 Å². The Morgan fingerprint density at radius 2 is 2.10 bits per heavy atom. The minimum Gasteiger partial charge on any atom is -0.312 e. The first-order chi connectivity index (χ1) is 9.39. The van der Waals surface area contributed by atoms with Crippen LogP contribution in [0.2, 0.25) is 0 Å². The minimum absolute atomic E-state index is 0.0911. The fourth-order valence-electron chi connectivity index (χ4n) is 1.84. The summed E-state index contributed by atoms with van der Waals surface area (Å²) in [7, 11) is -3.53. The summed E-state index contributed by atoms with van der Waals surface area (Å²) < 4.78 is 23.4. The second-order valence-corrected chi connectivity index (χ2v) is 6.66. The molecule has 0 aliphatic carbocycles. The Morgan fingerprint density at radius 1 is 1.40 bits per heavy atom. The zero-order chi connectivity index (χ0) is 15.2. The van der Waals surface area contributed by atoms with Crippen molar-refractivity contribution >= 4 is 21.4 Å². The Kier molecular flexibility index (Phi) is 5.71. The smallest absolute Gasteiger partial charge is 0.242 e. The molecule has 20 heavy (non-hydrogen) atoms. The zero-order valence-corrected chi connectivity index (χ0v) is 12.5. The van der Waals surface area contributed by atoms with Crippen LogP contribution in [0.25, 0.3) is 0 Å². The van der Waals surface area contributed by atoms with E-state index >= 15 is 0 Å². The Labute approximate surface area is 119 Å². The van der Waals surface area contributed by atoms with Crippen molar-refractivity contribution in [3.05, 3.63) is 29.8 Å². The number of sulfone groups is 1. The van der Waals surface area contributed by atoms with Crippen LogP contribution in [0.4, 0.5) is 5.69 Å². The summed E-state index contributed by atoms with van der Waals surface area (Å²) in [6, 6.07) is 9.12. The van der Waals surface area contributed by atoms with E-state index in [1.807, 2.05) is 25.1 Å². The average molecular weight is 294 g/mol. The molecular formula is C14H18N2O3S. The largest absolute Gasteiger partial charge is 0.312 e. The lowest BCUT2D eigenvalue weighted by Gasteiger charge is -2.21. The van der Waals surface area contributed by atoms with Crippen LogP contribution in [0.3, 0.4) is 0 Å². The van der Waals surface area contributed by atoms with Crippen molar-refractivity contribution in [2.45, 2.75) is 20.3 Å². The van der Waals surface area contributed by atoms with Gasteiger partial charge in [-0.25, -0.2) is 8.42 Å². The molecule has 0 bridgehead atoms. The van der Waals surface area contributed by atoms with Crippen LogP contribution < -0.4 is 4.90 Å². The number of rotatable bonds is 6. The summed E-state index contributed by atoms with van der Waals surface area (Å²) in [4.78, 5) is 13.6. The summed E-state index contributed by atoms with van der Waals surface area (Å²) in [5.74, 6) is -1.30. The van der Waals surface area contributed by atoms with Gasteiger partial charge in [0.2, 0.25) is 5.91 Å². The van der Waals surface area contributed by atoms with E-state index < -0.39 is 21.5 Å². The molecule has 1 rings (SSSR count). The maximum Gasteiger partial charge on any atom is 0.242 e. The first-order valence-corrected chi connectivity index (χ1v) is 8.16. The van der Waals surface area contributed by atoms with E-state index in [1.54, 1.807) is 19.1 Å². The molecule has 0 aliphatic rings. The maximum absolute atomic E-state index is 12.1. The average Bonchev–Trinajstić information content (AvgIpc) is 2.37. The van der Waals surface area contributed by atoms with Crippen molar-refractivity contribution in [2.24, 2.45) is 0 Å². The Bertz CT molecular complexity index is 618. The predicted molar refractivity (Wildman–Crippen MR) is 78.1 cm³/mol. The second-order valence-electron chi connectivity index (χ2n) is 4.48. The molecule has 1 amide bonds. The van der Waals surface area contributed by atoms with Gasteiger partial charge < -0.3 is 4.90 Å². The van der Waals surface area contributed by atoms with Crippen molar-refractivity contribution in [1.82, 2.24) is 0 Å². The van der Waals surface area contributed by atoms with Crippen molar-refractivity contribution < 1.29 is 13.2 Å². The number of amides is 1. The molecule has 0 unspecified atom stereocenters. The van der Waals surface area contributed by atoms with Gasteiger partial charge in [0.15, 0.2) is 9.84 Å². The highest BCUT2D eigenvalue weighted by molar-refractivity contribution is 7.92. The van der Waals surface area contributed by atoms with Gasteiger partial charge in [-0.2, -0.15) is 5.26 Å². The number of nitriles is 1. The van der Waals surface area contributed by atoms with Gasteiger partial charge in [-0.1, -0.05) is 12.1 Å². The van der Waals surface area contributed by atoms with Gasteiger partial charge in [0.05, 0.1) is 11.8 Å². The Hall–Kier alpha value is -1.87. The van der Waals surface area contributed by atoms with Crippen molar-refractivity contribution in [3.8, 4) is 6.07 Å². The predicted octanol–water partition coefficient (Wildman–Crippen LogP) is 1.68. The summed E-state index contributed by atoms with van der Waals surface area (Å²) in [6.45, 7) is 4.10. The topological polar surface area (TPSA) is 78.2 Å². The highest BCUT2D eigenvalue weighted by atomic mass is 32.2. The zero-order valence-electron chi connectivity index (χ0n) is 11.7. The fraction of sp³-hybridized carbons (Fsp3) is 0.429. The van der Waals surface area contributed by atoms with Gasteiger partial charge in [0, 0.05) is 18.7 Å². The molecule has 108 valence electrons. The normalized spacial score (nSPS) is 10.8. The van der Waals surface area contributed by atoms with E-state index in [0.29, 0.717) is 12.2 Å². The molecule has 0 radical (unpaired) electrons. The Morgan fingerprint density at radius 3 is 2.65 bits per heavy atom. The third kappa shape index (κ3) is 4.67. The highest BCUT2D eigenvalue weighted by Crippen LogP contribution is 2.16. The van der Waals surface area contributed by atoms with Crippen LogP contribution in [0.15, 0.2) is 24.3 Å². The number of carbonyl (C=O) groups excluding carboxylic acids is 1. The molecule has 0 atom stereocenters. The first kappa shape index (κ1) is 16.2. The van der Waals surface area contributed by atoms with Gasteiger partial charge >= 0.3 is 0 Å². The monoisotopic (exact) mass is 294 g/mol. The number of hydrogen-bond acceptors (Lipinski definition) is 4. The molecular weight excluding hydrogens is 276 g/mol. The number of aryl methyl sites for hydroxylation is 1. The minimum atomic E-state index is -3.53. The summed E-state index contributed by atoms with van der Waals surface area (Å²) in [5, 5.41) is 8.42. The lowest BCUT2D eigenvalue weighted by molar-refractivity contribution is -0.116. The molecule has 1 aromatic carbocycles.